The molecule has 2 aromatic rings. The van der Waals surface area contributed by atoms with Crippen LogP contribution in [0.15, 0.2) is 79.9 Å². The van der Waals surface area contributed by atoms with Gasteiger partial charge in [0.15, 0.2) is 0 Å². The minimum atomic E-state index is -0.774. The molecule has 0 aliphatic carbocycles. The molecule has 1 saturated heterocycles. The molecule has 0 bridgehead atoms. The number of carbonyl (C=O) groups is 1. The van der Waals surface area contributed by atoms with Crippen molar-refractivity contribution in [2.45, 2.75) is 25.1 Å². The topological polar surface area (TPSA) is 47.0 Å². The minimum absolute atomic E-state index is 0.214. The van der Waals surface area contributed by atoms with Crippen molar-refractivity contribution in [3.8, 4) is 0 Å². The number of benzene rings is 2. The highest BCUT2D eigenvalue weighted by Crippen LogP contribution is 2.23. The second-order valence-corrected chi connectivity index (χ2v) is 7.39. The van der Waals surface area contributed by atoms with Gasteiger partial charge in [0.05, 0.1) is 18.7 Å². The van der Waals surface area contributed by atoms with Crippen LogP contribution in [0.25, 0.3) is 0 Å². The number of urea groups is 1. The summed E-state index contributed by atoms with van der Waals surface area (Å²) < 4.78 is 13.3. The first-order valence-electron chi connectivity index (χ1n) is 10.0. The molecule has 0 unspecified atom stereocenters. The van der Waals surface area contributed by atoms with E-state index in [0.29, 0.717) is 26.1 Å². The number of hydrogen-bond acceptors (Lipinski definition) is 3. The normalized spacial score (nSPS) is 20.1. The van der Waals surface area contributed by atoms with Gasteiger partial charge in [0.25, 0.3) is 0 Å². The molecule has 5 nitrogen and oxygen atoms in total. The van der Waals surface area contributed by atoms with Crippen LogP contribution in [0.2, 0.25) is 0 Å². The number of halogens is 1. The maximum Gasteiger partial charge on any atom is 0.335 e. The highest BCUT2D eigenvalue weighted by Gasteiger charge is 2.39. The molecule has 1 fully saturated rings. The summed E-state index contributed by atoms with van der Waals surface area (Å²) in [4.78, 5) is 15.1. The summed E-state index contributed by atoms with van der Waals surface area (Å²) in [7, 11) is 0. The third kappa shape index (κ3) is 5.14. The van der Waals surface area contributed by atoms with Crippen LogP contribution in [0.4, 0.5) is 9.18 Å². The Morgan fingerprint density at radius 2 is 1.67 bits per heavy atom. The Labute approximate surface area is 177 Å². The number of hydrogen-bond donors (Lipinski definition) is 1. The van der Waals surface area contributed by atoms with Crippen molar-refractivity contribution < 1.29 is 14.3 Å². The molecule has 30 heavy (non-hydrogen) atoms. The van der Waals surface area contributed by atoms with Crippen molar-refractivity contribution in [1.82, 2.24) is 14.9 Å². The van der Waals surface area contributed by atoms with Crippen molar-refractivity contribution in [3.63, 3.8) is 0 Å². The molecule has 0 spiro atoms. The van der Waals surface area contributed by atoms with E-state index in [1.165, 1.54) is 12.1 Å². The van der Waals surface area contributed by atoms with E-state index < -0.39 is 12.1 Å². The van der Waals surface area contributed by atoms with Crippen LogP contribution in [0.1, 0.15) is 11.1 Å². The van der Waals surface area contributed by atoms with E-state index in [0.717, 1.165) is 11.1 Å². The van der Waals surface area contributed by atoms with Crippen LogP contribution >= 0.6 is 0 Å². The predicted octanol–water partition coefficient (Wildman–Crippen LogP) is 3.62. The second kappa shape index (κ2) is 10.2. The zero-order chi connectivity index (χ0) is 21.5. The Bertz CT molecular complexity index is 857. The van der Waals surface area contributed by atoms with E-state index >= 15 is 0 Å². The molecule has 3 rings (SSSR count). The second-order valence-electron chi connectivity index (χ2n) is 7.39. The lowest BCUT2D eigenvalue weighted by atomic mass is 9.99. The summed E-state index contributed by atoms with van der Waals surface area (Å²) in [6, 6.07) is 15.4. The van der Waals surface area contributed by atoms with Crippen LogP contribution in [0.3, 0.4) is 0 Å². The summed E-state index contributed by atoms with van der Waals surface area (Å²) in [6.07, 6.45) is 3.09. The lowest BCUT2D eigenvalue weighted by Crippen LogP contribution is -2.51. The van der Waals surface area contributed by atoms with Gasteiger partial charge in [-0.3, -0.25) is 5.01 Å². The van der Waals surface area contributed by atoms with Gasteiger partial charge in [0.1, 0.15) is 5.82 Å². The van der Waals surface area contributed by atoms with Crippen molar-refractivity contribution in [1.29, 1.82) is 0 Å². The molecular weight excluding hydrogens is 381 g/mol. The number of hydrazine groups is 1. The van der Waals surface area contributed by atoms with Crippen LogP contribution < -0.4 is 0 Å². The number of amides is 2. The molecule has 1 aliphatic rings. The Kier molecular flexibility index (Phi) is 7.38. The molecule has 2 aromatic carbocycles. The highest BCUT2D eigenvalue weighted by molar-refractivity contribution is 5.75. The van der Waals surface area contributed by atoms with Gasteiger partial charge in [-0.15, -0.1) is 13.2 Å². The minimum Gasteiger partial charge on any atom is -0.390 e. The van der Waals surface area contributed by atoms with E-state index in [4.69, 9.17) is 0 Å². The van der Waals surface area contributed by atoms with E-state index in [1.54, 1.807) is 34.2 Å². The monoisotopic (exact) mass is 409 g/mol. The lowest BCUT2D eigenvalue weighted by Gasteiger charge is -2.35. The van der Waals surface area contributed by atoms with Gasteiger partial charge < -0.3 is 10.0 Å². The molecule has 158 valence electrons. The van der Waals surface area contributed by atoms with Gasteiger partial charge in [-0.2, -0.15) is 0 Å². The van der Waals surface area contributed by atoms with Crippen LogP contribution in [0.5, 0.6) is 0 Å². The zero-order valence-corrected chi connectivity index (χ0v) is 17.0. The summed E-state index contributed by atoms with van der Waals surface area (Å²) >= 11 is 0. The van der Waals surface area contributed by atoms with E-state index in [9.17, 15) is 14.3 Å². The van der Waals surface area contributed by atoms with Crippen molar-refractivity contribution >= 4 is 6.03 Å². The molecule has 1 aliphatic heterocycles. The summed E-state index contributed by atoms with van der Waals surface area (Å²) in [5, 5.41) is 14.5. The van der Waals surface area contributed by atoms with Gasteiger partial charge in [-0.25, -0.2) is 14.2 Å². The molecule has 6 heteroatoms. The van der Waals surface area contributed by atoms with E-state index in [1.807, 2.05) is 35.3 Å². The van der Waals surface area contributed by atoms with Crippen LogP contribution in [-0.4, -0.2) is 57.8 Å². The Morgan fingerprint density at radius 3 is 2.30 bits per heavy atom. The first kappa shape index (κ1) is 21.7. The van der Waals surface area contributed by atoms with Crippen molar-refractivity contribution in [3.05, 3.63) is 96.9 Å². The molecule has 2 atom stereocenters. The standard InChI is InChI=1S/C24H28FN3O2/c1-3-14-27-22(16-19-8-6-5-7-9-19)23(29)18-26(28(15-4-2)24(27)30)17-20-10-12-21(25)13-11-20/h3-13,22-23,29H,1-2,14-18H2/t22-,23-/m0/s1. The summed E-state index contributed by atoms with van der Waals surface area (Å²) in [5.41, 5.74) is 1.90. The average molecular weight is 410 g/mol. The fraction of sp³-hybridized carbons (Fsp3) is 0.292. The molecule has 0 aromatic heterocycles. The Hall–Kier alpha value is -2.96. The predicted molar refractivity (Wildman–Crippen MR) is 116 cm³/mol. The van der Waals surface area contributed by atoms with Gasteiger partial charge in [0.2, 0.25) is 0 Å². The third-order valence-electron chi connectivity index (χ3n) is 5.24. The molecule has 0 saturated carbocycles. The van der Waals surface area contributed by atoms with E-state index in [-0.39, 0.29) is 18.4 Å². The first-order valence-corrected chi connectivity index (χ1v) is 10.0. The quantitative estimate of drug-likeness (QED) is 0.678. The molecule has 0 radical (unpaired) electrons. The lowest BCUT2D eigenvalue weighted by molar-refractivity contribution is -0.00834. The maximum absolute atomic E-state index is 13.5. The summed E-state index contributed by atoms with van der Waals surface area (Å²) in [5.74, 6) is -0.311. The van der Waals surface area contributed by atoms with Crippen LogP contribution in [-0.2, 0) is 13.0 Å². The number of rotatable bonds is 8. The number of β-amino-alcohol motifs (C(OH)–C–C–N with tert-alkyl or cyclic N) is 1. The van der Waals surface area contributed by atoms with Gasteiger partial charge in [-0.05, 0) is 29.7 Å². The van der Waals surface area contributed by atoms with Crippen molar-refractivity contribution in [2.75, 3.05) is 19.6 Å². The SMILES string of the molecule is C=CCN1C(=O)N(CC=C)N(Cc2ccc(F)cc2)C[C@H](O)[C@@H]1Cc1ccccc1. The molecule has 1 N–H and O–H groups in total. The van der Waals surface area contributed by atoms with Crippen molar-refractivity contribution in [2.24, 2.45) is 0 Å². The zero-order valence-electron chi connectivity index (χ0n) is 17.0. The van der Waals surface area contributed by atoms with Crippen LogP contribution in [0, 0.1) is 5.82 Å². The maximum atomic E-state index is 13.5. The number of nitrogens with zero attached hydrogens (tertiary/aromatic N) is 3. The molecule has 2 amide bonds. The highest BCUT2D eigenvalue weighted by atomic mass is 19.1. The third-order valence-corrected chi connectivity index (χ3v) is 5.24. The first-order chi connectivity index (χ1) is 14.5. The smallest absolute Gasteiger partial charge is 0.335 e. The Balaban J connectivity index is 1.92. The molecular formula is C24H28FN3O2. The average Bonchev–Trinajstić information content (AvgIpc) is 2.83. The van der Waals surface area contributed by atoms with Gasteiger partial charge in [0, 0.05) is 19.6 Å². The largest absolute Gasteiger partial charge is 0.390 e. The number of aliphatic hydroxyl groups is 1. The summed E-state index contributed by atoms with van der Waals surface area (Å²) in [6.45, 7) is 8.83. The number of aliphatic hydroxyl groups excluding tert-OH is 1. The fourth-order valence-electron chi connectivity index (χ4n) is 3.78. The van der Waals surface area contributed by atoms with Gasteiger partial charge in [-0.1, -0.05) is 54.6 Å². The Morgan fingerprint density at radius 1 is 1.00 bits per heavy atom. The fourth-order valence-corrected chi connectivity index (χ4v) is 3.78. The van der Waals surface area contributed by atoms with E-state index in [2.05, 4.69) is 13.2 Å². The molecule has 1 heterocycles. The number of carbonyl (C=O) groups excluding carboxylic acids is 1. The van der Waals surface area contributed by atoms with Gasteiger partial charge >= 0.3 is 6.03 Å².